The summed E-state index contributed by atoms with van der Waals surface area (Å²) >= 11 is 0. The fraction of sp³-hybridized carbons (Fsp3) is 0.500. The molecule has 0 bridgehead atoms. The number of benzene rings is 2. The zero-order chi connectivity index (χ0) is 32.4. The summed E-state index contributed by atoms with van der Waals surface area (Å²) in [6, 6.07) is 10.9. The van der Waals surface area contributed by atoms with Gasteiger partial charge in [-0.3, -0.25) is 0 Å². The second-order valence-electron chi connectivity index (χ2n) is 12.1. The maximum absolute atomic E-state index is 14.4. The molecule has 1 aliphatic carbocycles. The smallest absolute Gasteiger partial charge is 0.417 e. The summed E-state index contributed by atoms with van der Waals surface area (Å²) in [5.74, 6) is -2.72. The molecule has 1 aromatic heterocycles. The molecule has 1 aliphatic rings. The number of unbranched alkanes of at least 4 members (excludes halogenated alkanes) is 2. The minimum absolute atomic E-state index is 0.00211. The number of nitrogens with zero attached hydrogens (tertiary/aromatic N) is 1. The third-order valence-corrected chi connectivity index (χ3v) is 7.97. The van der Waals surface area contributed by atoms with E-state index < -0.39 is 42.0 Å². The van der Waals surface area contributed by atoms with Gasteiger partial charge in [0.05, 0.1) is 11.1 Å². The SMILES string of the molecule is C=C(C)C(=O)O[C@H]1CCC(Oc2ccc3cc(-c4ccc(CCCCC)cc4C(F)(F)F)n(CC(C)C)c3c2)C1C(F)(F)F. The van der Waals surface area contributed by atoms with Gasteiger partial charge in [-0.25, -0.2) is 4.79 Å². The number of rotatable bonds is 11. The van der Waals surface area contributed by atoms with Crippen molar-refractivity contribution in [2.75, 3.05) is 0 Å². The quantitative estimate of drug-likeness (QED) is 0.0924. The lowest BCUT2D eigenvalue weighted by Crippen LogP contribution is -2.41. The van der Waals surface area contributed by atoms with Crippen molar-refractivity contribution in [2.24, 2.45) is 11.8 Å². The molecule has 0 saturated heterocycles. The molecule has 0 amide bonds. The van der Waals surface area contributed by atoms with Crippen LogP contribution in [0.2, 0.25) is 0 Å². The Labute approximate surface area is 254 Å². The fourth-order valence-corrected chi connectivity index (χ4v) is 5.90. The van der Waals surface area contributed by atoms with Gasteiger partial charge in [0.15, 0.2) is 0 Å². The number of fused-ring (bicyclic) bond motifs is 1. The lowest BCUT2D eigenvalue weighted by atomic mass is 9.97. The topological polar surface area (TPSA) is 40.5 Å². The van der Waals surface area contributed by atoms with Crippen LogP contribution in [-0.4, -0.2) is 28.9 Å². The molecule has 2 aromatic carbocycles. The molecule has 4 rings (SSSR count). The van der Waals surface area contributed by atoms with Gasteiger partial charge in [-0.2, -0.15) is 26.3 Å². The van der Waals surface area contributed by atoms with Crippen molar-refractivity contribution in [3.8, 4) is 17.0 Å². The Morgan fingerprint density at radius 3 is 2.32 bits per heavy atom. The van der Waals surface area contributed by atoms with Crippen LogP contribution in [0.1, 0.15) is 70.9 Å². The molecule has 1 fully saturated rings. The monoisotopic (exact) mass is 623 g/mol. The van der Waals surface area contributed by atoms with E-state index in [1.165, 1.54) is 25.1 Å². The molecule has 240 valence electrons. The largest absolute Gasteiger partial charge is 0.490 e. The molecule has 1 saturated carbocycles. The number of carbonyl (C=O) groups is 1. The van der Waals surface area contributed by atoms with Crippen molar-refractivity contribution in [2.45, 2.75) is 97.3 Å². The Morgan fingerprint density at radius 2 is 1.70 bits per heavy atom. The Kier molecular flexibility index (Phi) is 10.1. The van der Waals surface area contributed by atoms with Gasteiger partial charge in [-0.05, 0) is 68.4 Å². The van der Waals surface area contributed by atoms with Crippen LogP contribution in [0.3, 0.4) is 0 Å². The maximum atomic E-state index is 14.4. The zero-order valence-electron chi connectivity index (χ0n) is 25.4. The lowest BCUT2D eigenvalue weighted by Gasteiger charge is -2.27. The first kappa shape index (κ1) is 33.5. The number of alkyl halides is 6. The summed E-state index contributed by atoms with van der Waals surface area (Å²) in [4.78, 5) is 12.0. The second-order valence-corrected chi connectivity index (χ2v) is 12.1. The molecule has 0 N–H and O–H groups in total. The Hall–Kier alpha value is -3.43. The highest BCUT2D eigenvalue weighted by Gasteiger charge is 2.55. The summed E-state index contributed by atoms with van der Waals surface area (Å²) in [7, 11) is 0. The first-order chi connectivity index (χ1) is 20.6. The molecule has 0 radical (unpaired) electrons. The highest BCUT2D eigenvalue weighted by atomic mass is 19.4. The van der Waals surface area contributed by atoms with Gasteiger partial charge in [0.25, 0.3) is 0 Å². The van der Waals surface area contributed by atoms with Crippen LogP contribution in [0.4, 0.5) is 26.3 Å². The minimum atomic E-state index is -4.69. The van der Waals surface area contributed by atoms with Gasteiger partial charge in [-0.15, -0.1) is 0 Å². The molecule has 1 heterocycles. The molecular formula is C34H39F6NO3. The third-order valence-electron chi connectivity index (χ3n) is 7.97. The maximum Gasteiger partial charge on any atom is 0.417 e. The molecule has 4 nitrogen and oxygen atoms in total. The average Bonchev–Trinajstić information content (AvgIpc) is 3.48. The number of carbonyl (C=O) groups excluding carboxylic acids is 1. The van der Waals surface area contributed by atoms with E-state index in [0.717, 1.165) is 19.3 Å². The Balaban J connectivity index is 1.73. The number of ether oxygens (including phenoxy) is 2. The van der Waals surface area contributed by atoms with Crippen LogP contribution in [-0.2, 0) is 28.7 Å². The number of aromatic nitrogens is 1. The standard InChI is InChI=1S/C34H39F6NO3/c1-6-7-8-9-22-10-13-25(26(16-22)33(35,36)37)28-17-23-11-12-24(18-27(23)41(28)19-20(2)3)43-29-14-15-30(31(29)34(38,39)40)44-32(42)21(4)5/h10-13,16-18,20,29-31H,4,6-9,14-15,19H2,1-3,5H3/t29?,30-,31?/m0/s1. The van der Waals surface area contributed by atoms with E-state index in [1.807, 2.05) is 20.8 Å². The van der Waals surface area contributed by atoms with E-state index in [1.54, 1.807) is 28.8 Å². The van der Waals surface area contributed by atoms with Gasteiger partial charge in [0, 0.05) is 34.8 Å². The van der Waals surface area contributed by atoms with Crippen LogP contribution in [0, 0.1) is 11.8 Å². The van der Waals surface area contributed by atoms with E-state index in [-0.39, 0.29) is 35.6 Å². The minimum Gasteiger partial charge on any atom is -0.490 e. The first-order valence-corrected chi connectivity index (χ1v) is 15.0. The normalized spacial score (nSPS) is 19.1. The van der Waals surface area contributed by atoms with E-state index >= 15 is 0 Å². The van der Waals surface area contributed by atoms with E-state index in [0.29, 0.717) is 35.1 Å². The Morgan fingerprint density at radius 1 is 1.00 bits per heavy atom. The first-order valence-electron chi connectivity index (χ1n) is 15.0. The molecule has 3 aromatic rings. The molecule has 0 aliphatic heterocycles. The number of hydrogen-bond donors (Lipinski definition) is 0. The fourth-order valence-electron chi connectivity index (χ4n) is 5.90. The van der Waals surface area contributed by atoms with Gasteiger partial charge in [-0.1, -0.05) is 52.3 Å². The van der Waals surface area contributed by atoms with E-state index in [4.69, 9.17) is 9.47 Å². The highest BCUT2D eigenvalue weighted by Crippen LogP contribution is 2.44. The van der Waals surface area contributed by atoms with Crippen LogP contribution in [0.5, 0.6) is 5.75 Å². The second kappa shape index (κ2) is 13.3. The third kappa shape index (κ3) is 7.61. The molecule has 10 heteroatoms. The van der Waals surface area contributed by atoms with Gasteiger partial charge in [0.2, 0.25) is 0 Å². The number of halogens is 6. The predicted octanol–water partition coefficient (Wildman–Crippen LogP) is 9.92. The van der Waals surface area contributed by atoms with Crippen molar-refractivity contribution in [3.63, 3.8) is 0 Å². The number of esters is 1. The molecule has 2 unspecified atom stereocenters. The van der Waals surface area contributed by atoms with Gasteiger partial charge in [0.1, 0.15) is 23.9 Å². The van der Waals surface area contributed by atoms with Crippen molar-refractivity contribution < 1.29 is 40.6 Å². The molecule has 44 heavy (non-hydrogen) atoms. The van der Waals surface area contributed by atoms with Crippen LogP contribution < -0.4 is 4.74 Å². The summed E-state index contributed by atoms with van der Waals surface area (Å²) in [5, 5.41) is 0.639. The summed E-state index contributed by atoms with van der Waals surface area (Å²) in [5.41, 5.74) is 0.885. The van der Waals surface area contributed by atoms with Crippen LogP contribution >= 0.6 is 0 Å². The number of aryl methyl sites for hydroxylation is 1. The van der Waals surface area contributed by atoms with E-state index in [2.05, 4.69) is 6.58 Å². The van der Waals surface area contributed by atoms with Crippen LogP contribution in [0.15, 0.2) is 54.6 Å². The molecule has 3 atom stereocenters. The number of hydrogen-bond acceptors (Lipinski definition) is 3. The molecule has 0 spiro atoms. The van der Waals surface area contributed by atoms with Gasteiger partial charge < -0.3 is 14.0 Å². The molecular weight excluding hydrogens is 584 g/mol. The van der Waals surface area contributed by atoms with E-state index in [9.17, 15) is 31.1 Å². The average molecular weight is 624 g/mol. The zero-order valence-corrected chi connectivity index (χ0v) is 25.4. The summed E-state index contributed by atoms with van der Waals surface area (Å²) < 4.78 is 98.3. The lowest BCUT2D eigenvalue weighted by molar-refractivity contribution is -0.215. The highest BCUT2D eigenvalue weighted by molar-refractivity contribution is 5.89. The van der Waals surface area contributed by atoms with Crippen LogP contribution in [0.25, 0.3) is 22.2 Å². The van der Waals surface area contributed by atoms with Crippen molar-refractivity contribution in [1.82, 2.24) is 4.57 Å². The summed E-state index contributed by atoms with van der Waals surface area (Å²) in [6.07, 6.45) is -8.75. The summed E-state index contributed by atoms with van der Waals surface area (Å²) in [6.45, 7) is 11.1. The Bertz CT molecular complexity index is 1490. The van der Waals surface area contributed by atoms with Crippen molar-refractivity contribution in [3.05, 3.63) is 65.7 Å². The van der Waals surface area contributed by atoms with Crippen molar-refractivity contribution >= 4 is 16.9 Å². The van der Waals surface area contributed by atoms with Crippen molar-refractivity contribution in [1.29, 1.82) is 0 Å². The van der Waals surface area contributed by atoms with Gasteiger partial charge >= 0.3 is 18.3 Å². The predicted molar refractivity (Wildman–Crippen MR) is 158 cm³/mol.